The Morgan fingerprint density at radius 3 is 2.89 bits per heavy atom. The summed E-state index contributed by atoms with van der Waals surface area (Å²) < 4.78 is 5.86. The van der Waals surface area contributed by atoms with Gasteiger partial charge in [0.2, 0.25) is 0 Å². The molecule has 0 saturated heterocycles. The summed E-state index contributed by atoms with van der Waals surface area (Å²) in [7, 11) is 0. The molecule has 0 radical (unpaired) electrons. The van der Waals surface area contributed by atoms with Crippen LogP contribution in [0.5, 0.6) is 5.75 Å². The van der Waals surface area contributed by atoms with E-state index in [2.05, 4.69) is 11.4 Å². The Kier molecular flexibility index (Phi) is 4.04. The lowest BCUT2D eigenvalue weighted by molar-refractivity contribution is 0.0591. The van der Waals surface area contributed by atoms with E-state index in [1.807, 2.05) is 6.07 Å². The molecule has 0 bridgehead atoms. The molecule has 104 valence electrons. The molecule has 1 aromatic rings. The number of phenols is 1. The standard InChI is InChI=1S/C16H23NO2/c18-16-7-3-6-13-14(16)8-9-15(13)17-10-11-19-12-4-1-2-5-12/h3,6-7,12,15,17-18H,1-2,4-5,8-11H2. The number of rotatable bonds is 5. The van der Waals surface area contributed by atoms with Crippen molar-refractivity contribution in [1.29, 1.82) is 0 Å². The first kappa shape index (κ1) is 12.9. The molecule has 3 rings (SSSR count). The van der Waals surface area contributed by atoms with Crippen molar-refractivity contribution >= 4 is 0 Å². The number of benzene rings is 1. The summed E-state index contributed by atoms with van der Waals surface area (Å²) in [4.78, 5) is 0. The minimum atomic E-state index is 0.384. The number of hydrogen-bond donors (Lipinski definition) is 2. The van der Waals surface area contributed by atoms with Crippen molar-refractivity contribution in [2.75, 3.05) is 13.2 Å². The summed E-state index contributed by atoms with van der Waals surface area (Å²) >= 11 is 0. The number of hydrogen-bond acceptors (Lipinski definition) is 3. The van der Waals surface area contributed by atoms with E-state index in [1.165, 1.54) is 31.2 Å². The average molecular weight is 261 g/mol. The number of aromatic hydroxyl groups is 1. The molecule has 0 heterocycles. The maximum Gasteiger partial charge on any atom is 0.119 e. The number of phenolic OH excluding ortho intramolecular Hbond substituents is 1. The highest BCUT2D eigenvalue weighted by molar-refractivity contribution is 5.44. The zero-order valence-corrected chi connectivity index (χ0v) is 11.4. The second kappa shape index (κ2) is 5.93. The quantitative estimate of drug-likeness (QED) is 0.801. The Labute approximate surface area is 115 Å². The summed E-state index contributed by atoms with van der Waals surface area (Å²) in [6.07, 6.45) is 7.68. The maximum atomic E-state index is 9.81. The smallest absolute Gasteiger partial charge is 0.119 e. The predicted molar refractivity (Wildman–Crippen MR) is 75.4 cm³/mol. The maximum absolute atomic E-state index is 9.81. The zero-order chi connectivity index (χ0) is 13.1. The molecule has 19 heavy (non-hydrogen) atoms. The first-order valence-corrected chi connectivity index (χ1v) is 7.50. The van der Waals surface area contributed by atoms with Crippen molar-refractivity contribution < 1.29 is 9.84 Å². The molecule has 3 nitrogen and oxygen atoms in total. The Morgan fingerprint density at radius 1 is 1.21 bits per heavy atom. The Bertz CT molecular complexity index is 427. The van der Waals surface area contributed by atoms with Crippen LogP contribution in [0.15, 0.2) is 18.2 Å². The summed E-state index contributed by atoms with van der Waals surface area (Å²) in [6, 6.07) is 6.22. The van der Waals surface area contributed by atoms with Gasteiger partial charge in [-0.2, -0.15) is 0 Å². The summed E-state index contributed by atoms with van der Waals surface area (Å²) in [5, 5.41) is 13.4. The third kappa shape index (κ3) is 2.93. The zero-order valence-electron chi connectivity index (χ0n) is 11.4. The van der Waals surface area contributed by atoms with Crippen LogP contribution in [0, 0.1) is 0 Å². The molecule has 2 N–H and O–H groups in total. The molecule has 0 aliphatic heterocycles. The SMILES string of the molecule is Oc1cccc2c1CCC2NCCOC1CCCC1. The van der Waals surface area contributed by atoms with Crippen LogP contribution in [0.2, 0.25) is 0 Å². The minimum Gasteiger partial charge on any atom is -0.508 e. The molecule has 2 aliphatic rings. The van der Waals surface area contributed by atoms with Gasteiger partial charge in [0.1, 0.15) is 5.75 Å². The fraction of sp³-hybridized carbons (Fsp3) is 0.625. The fourth-order valence-electron chi connectivity index (χ4n) is 3.36. The summed E-state index contributed by atoms with van der Waals surface area (Å²) in [5.41, 5.74) is 2.39. The van der Waals surface area contributed by atoms with Gasteiger partial charge in [0, 0.05) is 12.6 Å². The van der Waals surface area contributed by atoms with Crippen molar-refractivity contribution in [3.63, 3.8) is 0 Å². The van der Waals surface area contributed by atoms with E-state index in [0.29, 0.717) is 17.9 Å². The van der Waals surface area contributed by atoms with Gasteiger partial charge in [-0.25, -0.2) is 0 Å². The van der Waals surface area contributed by atoms with Crippen LogP contribution >= 0.6 is 0 Å². The highest BCUT2D eigenvalue weighted by Crippen LogP contribution is 2.36. The molecular weight excluding hydrogens is 238 g/mol. The number of fused-ring (bicyclic) bond motifs is 1. The average Bonchev–Trinajstić information content (AvgIpc) is 3.05. The van der Waals surface area contributed by atoms with E-state index >= 15 is 0 Å². The minimum absolute atomic E-state index is 0.384. The monoisotopic (exact) mass is 261 g/mol. The van der Waals surface area contributed by atoms with E-state index in [-0.39, 0.29) is 0 Å². The molecule has 0 spiro atoms. The lowest BCUT2D eigenvalue weighted by Crippen LogP contribution is -2.25. The molecule has 0 aromatic heterocycles. The van der Waals surface area contributed by atoms with Crippen molar-refractivity contribution in [1.82, 2.24) is 5.32 Å². The second-order valence-electron chi connectivity index (χ2n) is 5.67. The summed E-state index contributed by atoms with van der Waals surface area (Å²) in [6.45, 7) is 1.70. The van der Waals surface area contributed by atoms with Crippen LogP contribution in [0.4, 0.5) is 0 Å². The Morgan fingerprint density at radius 2 is 2.05 bits per heavy atom. The molecular formula is C16H23NO2. The highest BCUT2D eigenvalue weighted by Gasteiger charge is 2.24. The van der Waals surface area contributed by atoms with Gasteiger partial charge in [0.15, 0.2) is 0 Å². The molecule has 1 fully saturated rings. The van der Waals surface area contributed by atoms with E-state index in [4.69, 9.17) is 4.74 Å². The van der Waals surface area contributed by atoms with Crippen molar-refractivity contribution in [2.45, 2.75) is 50.7 Å². The second-order valence-corrected chi connectivity index (χ2v) is 5.67. The summed E-state index contributed by atoms with van der Waals surface area (Å²) in [5.74, 6) is 0.448. The molecule has 2 aliphatic carbocycles. The van der Waals surface area contributed by atoms with Crippen LogP contribution in [0.3, 0.4) is 0 Å². The normalized spacial score (nSPS) is 22.8. The van der Waals surface area contributed by atoms with Crippen LogP contribution < -0.4 is 5.32 Å². The topological polar surface area (TPSA) is 41.5 Å². The Hall–Kier alpha value is -1.06. The van der Waals surface area contributed by atoms with Crippen molar-refractivity contribution in [2.24, 2.45) is 0 Å². The van der Waals surface area contributed by atoms with Gasteiger partial charge in [-0.3, -0.25) is 0 Å². The fourth-order valence-corrected chi connectivity index (χ4v) is 3.36. The number of ether oxygens (including phenoxy) is 1. The third-order valence-corrected chi connectivity index (χ3v) is 4.39. The largest absolute Gasteiger partial charge is 0.508 e. The van der Waals surface area contributed by atoms with E-state index in [9.17, 15) is 5.11 Å². The van der Waals surface area contributed by atoms with E-state index < -0.39 is 0 Å². The lowest BCUT2D eigenvalue weighted by atomic mass is 10.1. The molecule has 0 amide bonds. The van der Waals surface area contributed by atoms with Crippen molar-refractivity contribution in [3.8, 4) is 5.75 Å². The molecule has 1 aromatic carbocycles. The molecule has 1 atom stereocenters. The first-order chi connectivity index (χ1) is 9.34. The van der Waals surface area contributed by atoms with E-state index in [0.717, 1.165) is 31.6 Å². The van der Waals surface area contributed by atoms with Gasteiger partial charge in [-0.15, -0.1) is 0 Å². The van der Waals surface area contributed by atoms with Gasteiger partial charge in [0.25, 0.3) is 0 Å². The lowest BCUT2D eigenvalue weighted by Gasteiger charge is -2.16. The first-order valence-electron chi connectivity index (χ1n) is 7.50. The van der Waals surface area contributed by atoms with Crippen LogP contribution in [0.25, 0.3) is 0 Å². The predicted octanol–water partition coefficient (Wildman–Crippen LogP) is 2.93. The van der Waals surface area contributed by atoms with Gasteiger partial charge in [0.05, 0.1) is 12.7 Å². The van der Waals surface area contributed by atoms with Gasteiger partial charge in [-0.1, -0.05) is 25.0 Å². The van der Waals surface area contributed by atoms with Gasteiger partial charge >= 0.3 is 0 Å². The number of nitrogens with one attached hydrogen (secondary N) is 1. The van der Waals surface area contributed by atoms with E-state index in [1.54, 1.807) is 6.07 Å². The van der Waals surface area contributed by atoms with Crippen LogP contribution in [-0.4, -0.2) is 24.4 Å². The molecule has 1 unspecified atom stereocenters. The third-order valence-electron chi connectivity index (χ3n) is 4.39. The molecule has 1 saturated carbocycles. The van der Waals surface area contributed by atoms with Gasteiger partial charge < -0.3 is 15.2 Å². The Balaban J connectivity index is 1.46. The highest BCUT2D eigenvalue weighted by atomic mass is 16.5. The molecule has 3 heteroatoms. The van der Waals surface area contributed by atoms with Gasteiger partial charge in [-0.05, 0) is 42.9 Å². The van der Waals surface area contributed by atoms with Crippen LogP contribution in [0.1, 0.15) is 49.3 Å². The van der Waals surface area contributed by atoms with Crippen molar-refractivity contribution in [3.05, 3.63) is 29.3 Å². The van der Waals surface area contributed by atoms with Crippen LogP contribution in [-0.2, 0) is 11.2 Å².